The third-order valence-corrected chi connectivity index (χ3v) is 2.40. The highest BCUT2D eigenvalue weighted by Gasteiger charge is 2.01. The summed E-state index contributed by atoms with van der Waals surface area (Å²) in [5, 5.41) is 5.40. The molecule has 5 heteroatoms. The number of benzene rings is 1. The standard InChI is InChI=1S/C12H11N5/c13-12-11-6-2-1-5-10(11)9(8-15-12)4-3-7-16-17-14/h1-6,8H,7H2,(H2,13,15). The molecule has 0 saturated heterocycles. The van der Waals surface area contributed by atoms with Crippen LogP contribution in [-0.2, 0) is 0 Å². The van der Waals surface area contributed by atoms with Gasteiger partial charge in [-0.2, -0.15) is 0 Å². The fourth-order valence-electron chi connectivity index (χ4n) is 1.63. The molecule has 2 rings (SSSR count). The Morgan fingerprint density at radius 2 is 2.12 bits per heavy atom. The lowest BCUT2D eigenvalue weighted by molar-refractivity contribution is 1.22. The van der Waals surface area contributed by atoms with Gasteiger partial charge in [-0.3, -0.25) is 0 Å². The molecular weight excluding hydrogens is 214 g/mol. The van der Waals surface area contributed by atoms with Crippen LogP contribution in [0.5, 0.6) is 0 Å². The Kier molecular flexibility index (Phi) is 3.23. The average Bonchev–Trinajstić information content (AvgIpc) is 2.37. The van der Waals surface area contributed by atoms with E-state index in [2.05, 4.69) is 15.0 Å². The Morgan fingerprint density at radius 1 is 1.35 bits per heavy atom. The maximum Gasteiger partial charge on any atom is 0.131 e. The summed E-state index contributed by atoms with van der Waals surface area (Å²) in [5.41, 5.74) is 14.9. The summed E-state index contributed by atoms with van der Waals surface area (Å²) in [5.74, 6) is 0.521. The Morgan fingerprint density at radius 3 is 2.88 bits per heavy atom. The number of aromatic nitrogens is 1. The molecule has 84 valence electrons. The maximum absolute atomic E-state index is 8.17. The molecule has 5 nitrogen and oxygen atoms in total. The van der Waals surface area contributed by atoms with Crippen molar-refractivity contribution in [1.29, 1.82) is 0 Å². The van der Waals surface area contributed by atoms with Crippen molar-refractivity contribution in [2.24, 2.45) is 5.11 Å². The maximum atomic E-state index is 8.17. The highest BCUT2D eigenvalue weighted by Crippen LogP contribution is 2.22. The SMILES string of the molecule is [N-]=[N+]=NCC=Cc1cnc(N)c2ccccc12. The third kappa shape index (κ3) is 2.35. The number of pyridine rings is 1. The van der Waals surface area contributed by atoms with Gasteiger partial charge in [-0.05, 0) is 10.9 Å². The van der Waals surface area contributed by atoms with Crippen LogP contribution in [0.3, 0.4) is 0 Å². The molecule has 0 unspecified atom stereocenters. The van der Waals surface area contributed by atoms with Crippen LogP contribution >= 0.6 is 0 Å². The van der Waals surface area contributed by atoms with Gasteiger partial charge in [0, 0.05) is 28.6 Å². The van der Waals surface area contributed by atoms with Crippen molar-refractivity contribution in [2.45, 2.75) is 0 Å². The molecule has 0 saturated carbocycles. The van der Waals surface area contributed by atoms with Crippen molar-refractivity contribution in [3.8, 4) is 0 Å². The first-order chi connectivity index (χ1) is 8.33. The van der Waals surface area contributed by atoms with Crippen LogP contribution in [0.4, 0.5) is 5.82 Å². The monoisotopic (exact) mass is 225 g/mol. The van der Waals surface area contributed by atoms with Gasteiger partial charge in [0.15, 0.2) is 0 Å². The summed E-state index contributed by atoms with van der Waals surface area (Å²) in [6.07, 6.45) is 5.38. The van der Waals surface area contributed by atoms with E-state index < -0.39 is 0 Å². The largest absolute Gasteiger partial charge is 0.383 e. The minimum Gasteiger partial charge on any atom is -0.383 e. The normalized spacial score (nSPS) is 10.6. The van der Waals surface area contributed by atoms with Crippen LogP contribution in [0, 0.1) is 0 Å². The lowest BCUT2D eigenvalue weighted by Crippen LogP contribution is -1.92. The molecule has 2 N–H and O–H groups in total. The minimum absolute atomic E-state index is 0.329. The Labute approximate surface area is 98.2 Å². The minimum atomic E-state index is 0.329. The van der Waals surface area contributed by atoms with Crippen LogP contribution in [0.2, 0.25) is 0 Å². The zero-order valence-electron chi connectivity index (χ0n) is 9.11. The van der Waals surface area contributed by atoms with E-state index in [0.717, 1.165) is 16.3 Å². The second kappa shape index (κ2) is 5.01. The zero-order valence-corrected chi connectivity index (χ0v) is 9.11. The third-order valence-electron chi connectivity index (χ3n) is 2.40. The molecule has 0 aliphatic rings. The average molecular weight is 225 g/mol. The van der Waals surface area contributed by atoms with Crippen molar-refractivity contribution in [3.63, 3.8) is 0 Å². The molecule has 1 aromatic carbocycles. The number of nitrogens with two attached hydrogens (primary N) is 1. The summed E-state index contributed by atoms with van der Waals surface area (Å²) in [6.45, 7) is 0.329. The van der Waals surface area contributed by atoms with Gasteiger partial charge in [-0.1, -0.05) is 41.5 Å². The quantitative estimate of drug-likeness (QED) is 0.494. The number of nitrogens with zero attached hydrogens (tertiary/aromatic N) is 4. The highest BCUT2D eigenvalue weighted by atomic mass is 15.1. The molecule has 0 aliphatic carbocycles. The van der Waals surface area contributed by atoms with Crippen molar-refractivity contribution >= 4 is 22.7 Å². The number of nitrogen functional groups attached to an aromatic ring is 1. The summed E-state index contributed by atoms with van der Waals surface area (Å²) < 4.78 is 0. The van der Waals surface area contributed by atoms with Crippen LogP contribution < -0.4 is 5.73 Å². The molecule has 0 spiro atoms. The predicted octanol–water partition coefficient (Wildman–Crippen LogP) is 3.14. The molecular formula is C12H11N5. The second-order valence-electron chi connectivity index (χ2n) is 3.46. The number of anilines is 1. The first-order valence-electron chi connectivity index (χ1n) is 5.13. The molecule has 0 radical (unpaired) electrons. The fraction of sp³-hybridized carbons (Fsp3) is 0.0833. The molecule has 0 amide bonds. The Hall–Kier alpha value is -2.52. The van der Waals surface area contributed by atoms with Gasteiger partial charge in [0.1, 0.15) is 5.82 Å². The van der Waals surface area contributed by atoms with Crippen molar-refractivity contribution < 1.29 is 0 Å². The topological polar surface area (TPSA) is 87.7 Å². The van der Waals surface area contributed by atoms with E-state index in [1.807, 2.05) is 30.3 Å². The Bertz CT molecular complexity index is 611. The van der Waals surface area contributed by atoms with E-state index in [-0.39, 0.29) is 0 Å². The van der Waals surface area contributed by atoms with Gasteiger partial charge in [-0.15, -0.1) is 0 Å². The van der Waals surface area contributed by atoms with E-state index >= 15 is 0 Å². The van der Waals surface area contributed by atoms with Gasteiger partial charge in [0.25, 0.3) is 0 Å². The molecule has 1 aromatic heterocycles. The van der Waals surface area contributed by atoms with Gasteiger partial charge < -0.3 is 5.73 Å². The number of hydrogen-bond acceptors (Lipinski definition) is 3. The van der Waals surface area contributed by atoms with E-state index in [1.165, 1.54) is 0 Å². The van der Waals surface area contributed by atoms with Crippen LogP contribution in [-0.4, -0.2) is 11.5 Å². The molecule has 0 fully saturated rings. The first kappa shape index (κ1) is 11.0. The van der Waals surface area contributed by atoms with Gasteiger partial charge >= 0.3 is 0 Å². The predicted molar refractivity (Wildman–Crippen MR) is 69.2 cm³/mol. The van der Waals surface area contributed by atoms with Crippen molar-refractivity contribution in [1.82, 2.24) is 4.98 Å². The molecule has 2 aromatic rings. The van der Waals surface area contributed by atoms with Crippen molar-refractivity contribution in [2.75, 3.05) is 12.3 Å². The van der Waals surface area contributed by atoms with Gasteiger partial charge in [0.2, 0.25) is 0 Å². The van der Waals surface area contributed by atoms with Crippen LogP contribution in [0.15, 0.2) is 41.7 Å². The highest BCUT2D eigenvalue weighted by molar-refractivity contribution is 5.96. The molecule has 0 atom stereocenters. The number of azide groups is 1. The lowest BCUT2D eigenvalue weighted by Gasteiger charge is -2.03. The second-order valence-corrected chi connectivity index (χ2v) is 3.46. The van der Waals surface area contributed by atoms with E-state index in [4.69, 9.17) is 11.3 Å². The van der Waals surface area contributed by atoms with E-state index in [9.17, 15) is 0 Å². The lowest BCUT2D eigenvalue weighted by atomic mass is 10.1. The first-order valence-corrected chi connectivity index (χ1v) is 5.13. The van der Waals surface area contributed by atoms with Gasteiger partial charge in [0.05, 0.1) is 0 Å². The van der Waals surface area contributed by atoms with Crippen LogP contribution in [0.25, 0.3) is 27.3 Å². The smallest absolute Gasteiger partial charge is 0.131 e. The molecule has 1 heterocycles. The van der Waals surface area contributed by atoms with Crippen LogP contribution in [0.1, 0.15) is 5.56 Å². The Balaban J connectivity index is 2.44. The zero-order chi connectivity index (χ0) is 12.1. The summed E-state index contributed by atoms with van der Waals surface area (Å²) in [4.78, 5) is 6.81. The summed E-state index contributed by atoms with van der Waals surface area (Å²) >= 11 is 0. The molecule has 0 aliphatic heterocycles. The summed E-state index contributed by atoms with van der Waals surface area (Å²) in [6, 6.07) is 7.80. The van der Waals surface area contributed by atoms with Crippen molar-refractivity contribution in [3.05, 3.63) is 52.5 Å². The van der Waals surface area contributed by atoms with Gasteiger partial charge in [-0.25, -0.2) is 4.98 Å². The molecule has 17 heavy (non-hydrogen) atoms. The molecule has 0 bridgehead atoms. The fourth-order valence-corrected chi connectivity index (χ4v) is 1.63. The number of rotatable bonds is 3. The van der Waals surface area contributed by atoms with E-state index in [0.29, 0.717) is 12.4 Å². The number of hydrogen-bond donors (Lipinski definition) is 1. The summed E-state index contributed by atoms with van der Waals surface area (Å²) in [7, 11) is 0. The van der Waals surface area contributed by atoms with E-state index in [1.54, 1.807) is 12.3 Å². The number of fused-ring (bicyclic) bond motifs is 1.